The number of thiol groups is 1. The highest BCUT2D eigenvalue weighted by molar-refractivity contribution is 7.80. The van der Waals surface area contributed by atoms with Crippen LogP contribution in [0.15, 0.2) is 23.1 Å². The van der Waals surface area contributed by atoms with Gasteiger partial charge in [-0.15, -0.1) is 12.6 Å². The Labute approximate surface area is 123 Å². The zero-order valence-corrected chi connectivity index (χ0v) is 12.7. The molecule has 20 heavy (non-hydrogen) atoms. The second-order valence-electron chi connectivity index (χ2n) is 5.38. The van der Waals surface area contributed by atoms with Gasteiger partial charge < -0.3 is 15.2 Å². The third-order valence-corrected chi connectivity index (χ3v) is 2.50. The zero-order chi connectivity index (χ0) is 15.3. The summed E-state index contributed by atoms with van der Waals surface area (Å²) in [6.07, 6.45) is 0. The van der Waals surface area contributed by atoms with E-state index in [1.807, 2.05) is 0 Å². The van der Waals surface area contributed by atoms with E-state index >= 15 is 0 Å². The smallest absolute Gasteiger partial charge is 0.335 e. The Morgan fingerprint density at radius 2 is 1.95 bits per heavy atom. The van der Waals surface area contributed by atoms with Crippen LogP contribution in [0.25, 0.3) is 0 Å². The molecule has 1 rings (SSSR count). The minimum atomic E-state index is -1.01. The summed E-state index contributed by atoms with van der Waals surface area (Å²) in [6.45, 7) is 5.83. The van der Waals surface area contributed by atoms with Crippen molar-refractivity contribution in [3.63, 3.8) is 0 Å². The van der Waals surface area contributed by atoms with Gasteiger partial charge in [-0.05, 0) is 44.5 Å². The maximum Gasteiger partial charge on any atom is 0.335 e. The second kappa shape index (κ2) is 6.76. The van der Waals surface area contributed by atoms with Gasteiger partial charge in [0.15, 0.2) is 0 Å². The lowest BCUT2D eigenvalue weighted by molar-refractivity contribution is -0.153. The van der Waals surface area contributed by atoms with Gasteiger partial charge in [-0.25, -0.2) is 4.79 Å². The van der Waals surface area contributed by atoms with Crippen molar-refractivity contribution in [2.45, 2.75) is 37.8 Å². The summed E-state index contributed by atoms with van der Waals surface area (Å²) in [7, 11) is 0. The number of rotatable bonds is 5. The number of nitrogens with one attached hydrogen (secondary N) is 1. The van der Waals surface area contributed by atoms with Gasteiger partial charge in [0.05, 0.1) is 12.1 Å². The van der Waals surface area contributed by atoms with Crippen LogP contribution in [-0.4, -0.2) is 29.2 Å². The van der Waals surface area contributed by atoms with Crippen molar-refractivity contribution >= 4 is 24.6 Å². The van der Waals surface area contributed by atoms with E-state index in [0.29, 0.717) is 11.4 Å². The maximum absolute atomic E-state index is 11.5. The van der Waals surface area contributed by atoms with Crippen molar-refractivity contribution in [3.05, 3.63) is 29.3 Å². The van der Waals surface area contributed by atoms with E-state index in [9.17, 15) is 9.59 Å². The highest BCUT2D eigenvalue weighted by Gasteiger charge is 2.15. The van der Waals surface area contributed by atoms with E-state index in [4.69, 9.17) is 9.84 Å². The molecule has 1 aromatic carbocycles. The highest BCUT2D eigenvalue weighted by atomic mass is 32.1. The van der Waals surface area contributed by atoms with Gasteiger partial charge in [-0.3, -0.25) is 4.79 Å². The lowest BCUT2D eigenvalue weighted by atomic mass is 10.1. The molecule has 5 nitrogen and oxygen atoms in total. The van der Waals surface area contributed by atoms with Crippen LogP contribution < -0.4 is 5.32 Å². The van der Waals surface area contributed by atoms with Gasteiger partial charge in [-0.1, -0.05) is 0 Å². The summed E-state index contributed by atoms with van der Waals surface area (Å²) in [5.74, 6) is -1.35. The Morgan fingerprint density at radius 1 is 1.30 bits per heavy atom. The highest BCUT2D eigenvalue weighted by Crippen LogP contribution is 2.14. The van der Waals surface area contributed by atoms with Crippen LogP contribution in [0.4, 0.5) is 0 Å². The number of carboxylic acid groups (broad SMARTS) is 1. The Hall–Kier alpha value is -1.53. The van der Waals surface area contributed by atoms with Gasteiger partial charge in [0.25, 0.3) is 0 Å². The van der Waals surface area contributed by atoms with E-state index in [-0.39, 0.29) is 18.1 Å². The number of benzene rings is 1. The third kappa shape index (κ3) is 6.08. The molecule has 2 N–H and O–H groups in total. The maximum atomic E-state index is 11.5. The standard InChI is InChI=1S/C14H19NO4S/c1-14(2,3)19-12(16)8-15-7-9-4-10(13(17)18)6-11(20)5-9/h4-6,15,20H,7-8H2,1-3H3,(H,17,18). The molecule has 0 spiro atoms. The Kier molecular flexibility index (Phi) is 5.59. The van der Waals surface area contributed by atoms with E-state index in [2.05, 4.69) is 17.9 Å². The predicted molar refractivity (Wildman–Crippen MR) is 78.2 cm³/mol. The Bertz CT molecular complexity index is 508. The minimum absolute atomic E-state index is 0.0659. The molecule has 0 aliphatic heterocycles. The molecule has 0 saturated carbocycles. The number of carbonyl (C=O) groups is 2. The first-order valence-corrected chi connectivity index (χ1v) is 6.61. The van der Waals surface area contributed by atoms with Crippen molar-refractivity contribution in [2.75, 3.05) is 6.54 Å². The van der Waals surface area contributed by atoms with Crippen LogP contribution in [0.5, 0.6) is 0 Å². The van der Waals surface area contributed by atoms with Crippen LogP contribution in [0.3, 0.4) is 0 Å². The molecule has 0 radical (unpaired) electrons. The van der Waals surface area contributed by atoms with Gasteiger partial charge in [0.1, 0.15) is 5.60 Å². The van der Waals surface area contributed by atoms with E-state index in [1.165, 1.54) is 6.07 Å². The lowest BCUT2D eigenvalue weighted by Crippen LogP contribution is -2.31. The summed E-state index contributed by atoms with van der Waals surface area (Å²) >= 11 is 4.15. The molecule has 1 aromatic rings. The molecule has 0 aromatic heterocycles. The van der Waals surface area contributed by atoms with Crippen LogP contribution in [0, 0.1) is 0 Å². The zero-order valence-electron chi connectivity index (χ0n) is 11.8. The van der Waals surface area contributed by atoms with Crippen LogP contribution in [-0.2, 0) is 16.1 Å². The molecule has 0 unspecified atom stereocenters. The molecular formula is C14H19NO4S. The summed E-state index contributed by atoms with van der Waals surface area (Å²) < 4.78 is 5.15. The van der Waals surface area contributed by atoms with Crippen molar-refractivity contribution in [3.8, 4) is 0 Å². The fourth-order valence-electron chi connectivity index (χ4n) is 1.59. The first-order chi connectivity index (χ1) is 9.17. The van der Waals surface area contributed by atoms with Gasteiger partial charge in [-0.2, -0.15) is 0 Å². The van der Waals surface area contributed by atoms with Crippen molar-refractivity contribution in [1.82, 2.24) is 5.32 Å². The number of hydrogen-bond donors (Lipinski definition) is 3. The molecule has 0 aliphatic carbocycles. The van der Waals surface area contributed by atoms with Gasteiger partial charge in [0.2, 0.25) is 0 Å². The summed E-state index contributed by atoms with van der Waals surface area (Å²) in [5, 5.41) is 11.9. The molecule has 110 valence electrons. The Morgan fingerprint density at radius 3 is 2.50 bits per heavy atom. The van der Waals surface area contributed by atoms with Crippen LogP contribution in [0.1, 0.15) is 36.7 Å². The van der Waals surface area contributed by atoms with Gasteiger partial charge >= 0.3 is 11.9 Å². The summed E-state index contributed by atoms with van der Waals surface area (Å²) in [4.78, 5) is 23.0. The molecule has 0 heterocycles. The third-order valence-electron chi connectivity index (χ3n) is 2.24. The number of carbonyl (C=O) groups excluding carboxylic acids is 1. The van der Waals surface area contributed by atoms with E-state index in [0.717, 1.165) is 5.56 Å². The van der Waals surface area contributed by atoms with Crippen molar-refractivity contribution < 1.29 is 19.4 Å². The quantitative estimate of drug-likeness (QED) is 0.573. The monoisotopic (exact) mass is 297 g/mol. The minimum Gasteiger partial charge on any atom is -0.478 e. The summed E-state index contributed by atoms with van der Waals surface area (Å²) in [5.41, 5.74) is 0.408. The van der Waals surface area contributed by atoms with E-state index in [1.54, 1.807) is 32.9 Å². The molecule has 0 fully saturated rings. The first-order valence-electron chi connectivity index (χ1n) is 6.16. The van der Waals surface area contributed by atoms with Crippen molar-refractivity contribution in [1.29, 1.82) is 0 Å². The average Bonchev–Trinajstić information content (AvgIpc) is 2.25. The first kappa shape index (κ1) is 16.5. The molecule has 0 amide bonds. The number of ether oxygens (including phenoxy) is 1. The normalized spacial score (nSPS) is 11.2. The SMILES string of the molecule is CC(C)(C)OC(=O)CNCc1cc(S)cc(C(=O)O)c1. The van der Waals surface area contributed by atoms with E-state index < -0.39 is 11.6 Å². The number of carboxylic acids is 1. The number of hydrogen-bond acceptors (Lipinski definition) is 5. The molecule has 0 atom stereocenters. The van der Waals surface area contributed by atoms with Crippen LogP contribution in [0.2, 0.25) is 0 Å². The molecule has 0 aliphatic rings. The topological polar surface area (TPSA) is 75.6 Å². The molecular weight excluding hydrogens is 278 g/mol. The lowest BCUT2D eigenvalue weighted by Gasteiger charge is -2.19. The molecule has 6 heteroatoms. The van der Waals surface area contributed by atoms with Crippen molar-refractivity contribution in [2.24, 2.45) is 0 Å². The average molecular weight is 297 g/mol. The number of aromatic carboxylic acids is 1. The number of esters is 1. The second-order valence-corrected chi connectivity index (χ2v) is 5.90. The largest absolute Gasteiger partial charge is 0.478 e. The van der Waals surface area contributed by atoms with Crippen LogP contribution >= 0.6 is 12.6 Å². The van der Waals surface area contributed by atoms with Gasteiger partial charge in [0, 0.05) is 11.4 Å². The fraction of sp³-hybridized carbons (Fsp3) is 0.429. The molecule has 0 bridgehead atoms. The predicted octanol–water partition coefficient (Wildman–Crippen LogP) is 2.10. The fourth-order valence-corrected chi connectivity index (χ4v) is 1.89. The molecule has 0 saturated heterocycles. The Balaban J connectivity index is 2.54. The summed E-state index contributed by atoms with van der Waals surface area (Å²) in [6, 6.07) is 4.77.